The maximum absolute atomic E-state index is 12.7. The van der Waals surface area contributed by atoms with Gasteiger partial charge >= 0.3 is 6.18 Å². The zero-order chi connectivity index (χ0) is 19.0. The number of thioether (sulfide) groups is 1. The molecule has 1 aromatic heterocycles. The first-order valence-corrected chi connectivity index (χ1v) is 9.31. The summed E-state index contributed by atoms with van der Waals surface area (Å²) in [5, 5.41) is 7.42. The van der Waals surface area contributed by atoms with Gasteiger partial charge in [-0.05, 0) is 36.4 Å². The number of nitrogens with one attached hydrogen (secondary N) is 1. The van der Waals surface area contributed by atoms with Crippen molar-refractivity contribution in [1.82, 2.24) is 9.78 Å². The van der Waals surface area contributed by atoms with Gasteiger partial charge in [-0.15, -0.1) is 0 Å². The van der Waals surface area contributed by atoms with Crippen molar-refractivity contribution in [2.24, 2.45) is 0 Å². The third-order valence-electron chi connectivity index (χ3n) is 4.26. The fraction of sp³-hybridized carbons (Fsp3) is 0.158. The van der Waals surface area contributed by atoms with Gasteiger partial charge < -0.3 is 5.32 Å². The van der Waals surface area contributed by atoms with E-state index in [-0.39, 0.29) is 5.56 Å². The minimum Gasteiger partial charge on any atom is -0.306 e. The summed E-state index contributed by atoms with van der Waals surface area (Å²) in [5.74, 6) is 1.58. The quantitative estimate of drug-likeness (QED) is 0.694. The SMILES string of the molecule is O=C(Nc1c2c(nn1-c1ccccc1)CSC2)c1ccc(C(F)(F)F)cc1. The number of aromatic nitrogens is 2. The molecule has 3 aromatic rings. The largest absolute Gasteiger partial charge is 0.416 e. The molecule has 0 bridgehead atoms. The summed E-state index contributed by atoms with van der Waals surface area (Å²) in [5.41, 5.74) is 2.03. The van der Waals surface area contributed by atoms with E-state index in [9.17, 15) is 18.0 Å². The van der Waals surface area contributed by atoms with Crippen molar-refractivity contribution in [3.8, 4) is 5.69 Å². The summed E-state index contributed by atoms with van der Waals surface area (Å²) < 4.78 is 39.8. The van der Waals surface area contributed by atoms with Gasteiger partial charge in [0, 0.05) is 22.6 Å². The second-order valence-corrected chi connectivity index (χ2v) is 7.03. The van der Waals surface area contributed by atoms with E-state index < -0.39 is 17.6 Å². The van der Waals surface area contributed by atoms with Gasteiger partial charge in [0.2, 0.25) is 0 Å². The van der Waals surface area contributed by atoms with E-state index in [1.165, 1.54) is 12.1 Å². The van der Waals surface area contributed by atoms with Crippen LogP contribution >= 0.6 is 11.8 Å². The summed E-state index contributed by atoms with van der Waals surface area (Å²) in [6.45, 7) is 0. The molecule has 2 heterocycles. The highest BCUT2D eigenvalue weighted by atomic mass is 32.2. The van der Waals surface area contributed by atoms with Crippen molar-refractivity contribution in [2.45, 2.75) is 17.7 Å². The third kappa shape index (κ3) is 3.44. The van der Waals surface area contributed by atoms with Gasteiger partial charge in [-0.2, -0.15) is 30.0 Å². The van der Waals surface area contributed by atoms with E-state index in [0.29, 0.717) is 5.82 Å². The Morgan fingerprint density at radius 1 is 1.04 bits per heavy atom. The van der Waals surface area contributed by atoms with Crippen LogP contribution in [0.5, 0.6) is 0 Å². The Morgan fingerprint density at radius 3 is 2.41 bits per heavy atom. The zero-order valence-corrected chi connectivity index (χ0v) is 14.8. The number of amides is 1. The Bertz CT molecular complexity index is 982. The second-order valence-electron chi connectivity index (χ2n) is 6.04. The van der Waals surface area contributed by atoms with E-state index in [2.05, 4.69) is 10.4 Å². The van der Waals surface area contributed by atoms with Gasteiger partial charge in [0.05, 0.1) is 16.9 Å². The number of rotatable bonds is 3. The lowest BCUT2D eigenvalue weighted by Crippen LogP contribution is -2.16. The third-order valence-corrected chi connectivity index (χ3v) is 5.23. The maximum Gasteiger partial charge on any atom is 0.416 e. The molecule has 1 amide bonds. The molecular formula is C19H14F3N3OS. The summed E-state index contributed by atoms with van der Waals surface area (Å²) >= 11 is 1.70. The van der Waals surface area contributed by atoms with Crippen LogP contribution in [0, 0.1) is 0 Å². The maximum atomic E-state index is 12.7. The number of carbonyl (C=O) groups is 1. The zero-order valence-electron chi connectivity index (χ0n) is 14.0. The van der Waals surface area contributed by atoms with Crippen LogP contribution < -0.4 is 5.32 Å². The van der Waals surface area contributed by atoms with Gasteiger partial charge in [0.25, 0.3) is 5.91 Å². The summed E-state index contributed by atoms with van der Waals surface area (Å²) in [7, 11) is 0. The Kier molecular flexibility index (Phi) is 4.43. The van der Waals surface area contributed by atoms with Gasteiger partial charge in [-0.3, -0.25) is 4.79 Å². The van der Waals surface area contributed by atoms with Crippen LogP contribution in [0.25, 0.3) is 5.69 Å². The second kappa shape index (κ2) is 6.77. The molecule has 138 valence electrons. The molecule has 0 aliphatic carbocycles. The van der Waals surface area contributed by atoms with E-state index in [0.717, 1.165) is 40.6 Å². The van der Waals surface area contributed by atoms with E-state index >= 15 is 0 Å². The van der Waals surface area contributed by atoms with Crippen molar-refractivity contribution >= 4 is 23.5 Å². The highest BCUT2D eigenvalue weighted by molar-refractivity contribution is 7.98. The molecule has 0 radical (unpaired) electrons. The van der Waals surface area contributed by atoms with Gasteiger partial charge in [0.15, 0.2) is 0 Å². The number of para-hydroxylation sites is 1. The molecule has 0 atom stereocenters. The number of nitrogens with zero attached hydrogens (tertiary/aromatic N) is 2. The van der Waals surface area contributed by atoms with Crippen LogP contribution in [0.2, 0.25) is 0 Å². The number of benzene rings is 2. The van der Waals surface area contributed by atoms with Crippen LogP contribution in [-0.2, 0) is 17.7 Å². The number of hydrogen-bond donors (Lipinski definition) is 1. The van der Waals surface area contributed by atoms with Gasteiger partial charge in [-0.25, -0.2) is 4.68 Å². The minimum absolute atomic E-state index is 0.156. The predicted molar refractivity (Wildman–Crippen MR) is 98.0 cm³/mol. The van der Waals surface area contributed by atoms with Crippen molar-refractivity contribution in [2.75, 3.05) is 5.32 Å². The topological polar surface area (TPSA) is 46.9 Å². The van der Waals surface area contributed by atoms with Crippen LogP contribution in [0.1, 0.15) is 27.2 Å². The lowest BCUT2D eigenvalue weighted by molar-refractivity contribution is -0.137. The number of hydrogen-bond acceptors (Lipinski definition) is 3. The first-order valence-electron chi connectivity index (χ1n) is 8.16. The van der Waals surface area contributed by atoms with Crippen molar-refractivity contribution in [1.29, 1.82) is 0 Å². The van der Waals surface area contributed by atoms with Gasteiger partial charge in [0.1, 0.15) is 5.82 Å². The summed E-state index contributed by atoms with van der Waals surface area (Å²) in [6, 6.07) is 13.6. The highest BCUT2D eigenvalue weighted by Crippen LogP contribution is 2.36. The molecule has 1 aliphatic heterocycles. The molecule has 0 fully saturated rings. The predicted octanol–water partition coefficient (Wildman–Crippen LogP) is 4.89. The molecule has 2 aromatic carbocycles. The number of alkyl halides is 3. The van der Waals surface area contributed by atoms with Crippen molar-refractivity contribution in [3.63, 3.8) is 0 Å². The molecule has 1 N–H and O–H groups in total. The minimum atomic E-state index is -4.43. The molecule has 0 spiro atoms. The molecule has 4 nitrogen and oxygen atoms in total. The lowest BCUT2D eigenvalue weighted by Gasteiger charge is -2.12. The molecule has 0 unspecified atom stereocenters. The van der Waals surface area contributed by atoms with E-state index in [1.807, 2.05) is 30.3 Å². The normalized spacial score (nSPS) is 13.4. The Labute approximate surface area is 157 Å². The smallest absolute Gasteiger partial charge is 0.306 e. The number of carbonyl (C=O) groups excluding carboxylic acids is 1. The molecular weight excluding hydrogens is 375 g/mol. The average Bonchev–Trinajstić information content (AvgIpc) is 3.24. The molecule has 0 saturated heterocycles. The fourth-order valence-electron chi connectivity index (χ4n) is 2.89. The Balaban J connectivity index is 1.65. The van der Waals surface area contributed by atoms with Crippen molar-refractivity contribution in [3.05, 3.63) is 77.0 Å². The lowest BCUT2D eigenvalue weighted by atomic mass is 10.1. The molecule has 1 aliphatic rings. The Morgan fingerprint density at radius 2 is 1.74 bits per heavy atom. The molecule has 27 heavy (non-hydrogen) atoms. The van der Waals surface area contributed by atoms with Crippen LogP contribution in [0.4, 0.5) is 19.0 Å². The number of halogens is 3. The highest BCUT2D eigenvalue weighted by Gasteiger charge is 2.30. The standard InChI is InChI=1S/C19H14F3N3OS/c20-19(21,22)13-8-6-12(7-9-13)18(26)23-17-15-10-27-11-16(15)24-25(17)14-4-2-1-3-5-14/h1-9H,10-11H2,(H,23,26). The van der Waals surface area contributed by atoms with Gasteiger partial charge in [-0.1, -0.05) is 18.2 Å². The Hall–Kier alpha value is -2.74. The number of fused-ring (bicyclic) bond motifs is 1. The number of anilines is 1. The van der Waals surface area contributed by atoms with E-state index in [1.54, 1.807) is 16.4 Å². The first kappa shape index (κ1) is 17.7. The fourth-order valence-corrected chi connectivity index (χ4v) is 3.92. The molecule has 4 rings (SSSR count). The first-order chi connectivity index (χ1) is 12.9. The molecule has 0 saturated carbocycles. The molecule has 8 heteroatoms. The van der Waals surface area contributed by atoms with Crippen LogP contribution in [0.3, 0.4) is 0 Å². The summed E-state index contributed by atoms with van der Waals surface area (Å²) in [4.78, 5) is 12.6. The average molecular weight is 389 g/mol. The summed E-state index contributed by atoms with van der Waals surface area (Å²) in [6.07, 6.45) is -4.43. The van der Waals surface area contributed by atoms with Crippen LogP contribution in [-0.4, -0.2) is 15.7 Å². The van der Waals surface area contributed by atoms with Crippen molar-refractivity contribution < 1.29 is 18.0 Å². The van der Waals surface area contributed by atoms with E-state index in [4.69, 9.17) is 0 Å². The van der Waals surface area contributed by atoms with Crippen LogP contribution in [0.15, 0.2) is 54.6 Å². The monoisotopic (exact) mass is 389 g/mol.